The molecular formula is C14H12N4O4. The standard InChI is InChI=1S/C14H12N4O4/c15-14(16)17-12-9(13(19)20)6-7-10(18(21)22)11(12)8-4-2-1-3-5-8/h1-7H,(H,19,20)(H4,15,16,17). The first-order chi connectivity index (χ1) is 10.4. The Bertz CT molecular complexity index is 759. The number of carboxylic acid groups (broad SMARTS) is 1. The average Bonchev–Trinajstić information content (AvgIpc) is 2.46. The molecular weight excluding hydrogens is 288 g/mol. The predicted octanol–water partition coefficient (Wildman–Crippen LogP) is 2.27. The summed E-state index contributed by atoms with van der Waals surface area (Å²) >= 11 is 0. The summed E-state index contributed by atoms with van der Waals surface area (Å²) in [5, 5.41) is 30.2. The van der Waals surface area contributed by atoms with Gasteiger partial charge in [0.25, 0.3) is 5.69 Å². The number of nitro groups is 1. The third-order valence-electron chi connectivity index (χ3n) is 2.93. The van der Waals surface area contributed by atoms with Gasteiger partial charge in [0.05, 0.1) is 21.7 Å². The maximum absolute atomic E-state index is 11.3. The van der Waals surface area contributed by atoms with Gasteiger partial charge in [-0.3, -0.25) is 15.5 Å². The number of carbonyl (C=O) groups is 1. The number of hydrogen-bond acceptors (Lipinski definition) is 4. The molecule has 22 heavy (non-hydrogen) atoms. The predicted molar refractivity (Wildman–Crippen MR) is 81.0 cm³/mol. The van der Waals surface area contributed by atoms with Crippen LogP contribution in [0.4, 0.5) is 11.4 Å². The van der Waals surface area contributed by atoms with E-state index < -0.39 is 16.9 Å². The van der Waals surface area contributed by atoms with Crippen LogP contribution >= 0.6 is 0 Å². The molecule has 0 saturated carbocycles. The first-order valence-electron chi connectivity index (χ1n) is 6.13. The SMILES string of the molecule is N=C(N)Nc1c(C(=O)O)ccc([N+](=O)[O-])c1-c1ccccc1. The van der Waals surface area contributed by atoms with Crippen molar-refractivity contribution in [2.24, 2.45) is 5.73 Å². The minimum atomic E-state index is -1.28. The van der Waals surface area contributed by atoms with Crippen molar-refractivity contribution in [1.29, 1.82) is 5.41 Å². The minimum Gasteiger partial charge on any atom is -0.478 e. The number of benzene rings is 2. The van der Waals surface area contributed by atoms with Crippen LogP contribution < -0.4 is 11.1 Å². The van der Waals surface area contributed by atoms with Crippen LogP contribution in [0.5, 0.6) is 0 Å². The van der Waals surface area contributed by atoms with Gasteiger partial charge in [-0.25, -0.2) is 4.79 Å². The summed E-state index contributed by atoms with van der Waals surface area (Å²) < 4.78 is 0. The smallest absolute Gasteiger partial charge is 0.337 e. The Balaban J connectivity index is 2.85. The third-order valence-corrected chi connectivity index (χ3v) is 2.93. The highest BCUT2D eigenvalue weighted by Crippen LogP contribution is 2.38. The van der Waals surface area contributed by atoms with Gasteiger partial charge in [0.2, 0.25) is 0 Å². The lowest BCUT2D eigenvalue weighted by Crippen LogP contribution is -2.23. The Morgan fingerprint density at radius 3 is 2.36 bits per heavy atom. The highest BCUT2D eigenvalue weighted by molar-refractivity contribution is 6.07. The Morgan fingerprint density at radius 2 is 1.86 bits per heavy atom. The number of nitrogens with zero attached hydrogens (tertiary/aromatic N) is 1. The summed E-state index contributed by atoms with van der Waals surface area (Å²) in [7, 11) is 0. The van der Waals surface area contributed by atoms with Gasteiger partial charge in [-0.2, -0.15) is 0 Å². The van der Waals surface area contributed by atoms with Gasteiger partial charge >= 0.3 is 5.97 Å². The number of anilines is 1. The van der Waals surface area contributed by atoms with Crippen molar-refractivity contribution in [2.75, 3.05) is 5.32 Å². The summed E-state index contributed by atoms with van der Waals surface area (Å²) in [5.41, 5.74) is 5.22. The van der Waals surface area contributed by atoms with Gasteiger partial charge in [-0.15, -0.1) is 0 Å². The molecule has 2 aromatic carbocycles. The van der Waals surface area contributed by atoms with Gasteiger partial charge in [0.15, 0.2) is 5.96 Å². The van der Waals surface area contributed by atoms with E-state index >= 15 is 0 Å². The second-order valence-electron chi connectivity index (χ2n) is 4.35. The Hall–Kier alpha value is -3.42. The van der Waals surface area contributed by atoms with Gasteiger partial charge < -0.3 is 16.2 Å². The molecule has 112 valence electrons. The number of nitrogens with two attached hydrogens (primary N) is 1. The fraction of sp³-hybridized carbons (Fsp3) is 0. The van der Waals surface area contributed by atoms with Crippen LogP contribution in [0.25, 0.3) is 11.1 Å². The molecule has 8 heteroatoms. The number of nitrogens with one attached hydrogen (secondary N) is 2. The normalized spacial score (nSPS) is 10.0. The van der Waals surface area contributed by atoms with Crippen LogP contribution in [0.3, 0.4) is 0 Å². The summed E-state index contributed by atoms with van der Waals surface area (Å²) in [6.45, 7) is 0. The van der Waals surface area contributed by atoms with Crippen molar-refractivity contribution in [3.05, 3.63) is 58.1 Å². The molecule has 2 rings (SSSR count). The molecule has 0 unspecified atom stereocenters. The topological polar surface area (TPSA) is 142 Å². The van der Waals surface area contributed by atoms with Gasteiger partial charge in [0, 0.05) is 6.07 Å². The van der Waals surface area contributed by atoms with Crippen molar-refractivity contribution in [3.8, 4) is 11.1 Å². The lowest BCUT2D eigenvalue weighted by molar-refractivity contribution is -0.384. The van der Waals surface area contributed by atoms with E-state index in [1.807, 2.05) is 0 Å². The molecule has 0 bridgehead atoms. The monoisotopic (exact) mass is 300 g/mol. The fourth-order valence-corrected chi connectivity index (χ4v) is 2.08. The Morgan fingerprint density at radius 1 is 1.23 bits per heavy atom. The van der Waals surface area contributed by atoms with Crippen LogP contribution in [0, 0.1) is 15.5 Å². The molecule has 0 aliphatic rings. The molecule has 8 nitrogen and oxygen atoms in total. The van der Waals surface area contributed by atoms with Crippen molar-refractivity contribution in [3.63, 3.8) is 0 Å². The largest absolute Gasteiger partial charge is 0.478 e. The summed E-state index contributed by atoms with van der Waals surface area (Å²) in [4.78, 5) is 22.0. The van der Waals surface area contributed by atoms with Gasteiger partial charge in [0.1, 0.15) is 0 Å². The van der Waals surface area contributed by atoms with Gasteiger partial charge in [-0.1, -0.05) is 30.3 Å². The van der Waals surface area contributed by atoms with E-state index in [9.17, 15) is 20.0 Å². The molecule has 0 saturated heterocycles. The summed E-state index contributed by atoms with van der Waals surface area (Å²) in [6, 6.07) is 10.5. The van der Waals surface area contributed by atoms with Crippen LogP contribution in [0.2, 0.25) is 0 Å². The van der Waals surface area contributed by atoms with E-state index in [-0.39, 0.29) is 22.5 Å². The molecule has 0 atom stereocenters. The maximum atomic E-state index is 11.3. The van der Waals surface area contributed by atoms with Crippen LogP contribution in [-0.2, 0) is 0 Å². The quantitative estimate of drug-likeness (QED) is 0.295. The summed E-state index contributed by atoms with van der Waals surface area (Å²) in [5.74, 6) is -1.80. The van der Waals surface area contributed by atoms with Crippen molar-refractivity contribution in [1.82, 2.24) is 0 Å². The van der Waals surface area contributed by atoms with E-state index in [0.717, 1.165) is 12.1 Å². The third kappa shape index (κ3) is 2.85. The molecule has 5 N–H and O–H groups in total. The number of hydrogen-bond donors (Lipinski definition) is 4. The van der Waals surface area contributed by atoms with Crippen molar-refractivity contribution >= 4 is 23.3 Å². The Labute approximate surface area is 124 Å². The molecule has 0 aromatic heterocycles. The molecule has 2 aromatic rings. The van der Waals surface area contributed by atoms with Crippen LogP contribution in [-0.4, -0.2) is 22.0 Å². The number of carboxylic acids is 1. The molecule has 0 spiro atoms. The number of aromatic carboxylic acids is 1. The maximum Gasteiger partial charge on any atom is 0.337 e. The average molecular weight is 300 g/mol. The zero-order valence-electron chi connectivity index (χ0n) is 11.2. The first kappa shape index (κ1) is 15.0. The van der Waals surface area contributed by atoms with E-state index in [1.54, 1.807) is 30.3 Å². The highest BCUT2D eigenvalue weighted by Gasteiger charge is 2.25. The zero-order valence-corrected chi connectivity index (χ0v) is 11.2. The number of guanidine groups is 1. The lowest BCUT2D eigenvalue weighted by atomic mass is 9.98. The van der Waals surface area contributed by atoms with Crippen molar-refractivity contribution in [2.45, 2.75) is 0 Å². The molecule has 0 fully saturated rings. The van der Waals surface area contributed by atoms with Crippen molar-refractivity contribution < 1.29 is 14.8 Å². The molecule has 0 heterocycles. The zero-order chi connectivity index (χ0) is 16.3. The fourth-order valence-electron chi connectivity index (χ4n) is 2.08. The van der Waals surface area contributed by atoms with E-state index in [0.29, 0.717) is 5.56 Å². The molecule has 0 amide bonds. The molecule has 0 aliphatic heterocycles. The minimum absolute atomic E-state index is 0.0701. The van der Waals surface area contributed by atoms with Crippen LogP contribution in [0.1, 0.15) is 10.4 Å². The number of rotatable bonds is 4. The molecule has 0 aliphatic carbocycles. The highest BCUT2D eigenvalue weighted by atomic mass is 16.6. The van der Waals surface area contributed by atoms with Crippen LogP contribution in [0.15, 0.2) is 42.5 Å². The second-order valence-corrected chi connectivity index (χ2v) is 4.35. The first-order valence-corrected chi connectivity index (χ1v) is 6.13. The van der Waals surface area contributed by atoms with E-state index in [1.165, 1.54) is 0 Å². The lowest BCUT2D eigenvalue weighted by Gasteiger charge is -2.14. The summed E-state index contributed by atoms with van der Waals surface area (Å²) in [6.07, 6.45) is 0. The van der Waals surface area contributed by atoms with E-state index in [4.69, 9.17) is 11.1 Å². The second kappa shape index (κ2) is 5.92. The van der Waals surface area contributed by atoms with E-state index in [2.05, 4.69) is 5.32 Å². The van der Waals surface area contributed by atoms with Gasteiger partial charge in [-0.05, 0) is 11.6 Å². The molecule has 0 radical (unpaired) electrons. The number of nitro benzene ring substituents is 1. The Kier molecular flexibility index (Phi) is 4.03.